The Labute approximate surface area is 165 Å². The van der Waals surface area contributed by atoms with Gasteiger partial charge >= 0.3 is 6.03 Å². The van der Waals surface area contributed by atoms with Gasteiger partial charge in [0.25, 0.3) is 0 Å². The van der Waals surface area contributed by atoms with Crippen molar-refractivity contribution in [1.82, 2.24) is 10.2 Å². The van der Waals surface area contributed by atoms with Crippen molar-refractivity contribution < 1.29 is 14.4 Å². The summed E-state index contributed by atoms with van der Waals surface area (Å²) in [5.41, 5.74) is 3.32. The van der Waals surface area contributed by atoms with Crippen molar-refractivity contribution in [3.63, 3.8) is 0 Å². The van der Waals surface area contributed by atoms with E-state index in [0.717, 1.165) is 24.3 Å². The fourth-order valence-corrected chi connectivity index (χ4v) is 3.26. The number of rotatable bonds is 5. The summed E-state index contributed by atoms with van der Waals surface area (Å²) < 4.78 is 0. The van der Waals surface area contributed by atoms with Gasteiger partial charge in [-0.2, -0.15) is 0 Å². The molecule has 1 N–H and O–H groups in total. The van der Waals surface area contributed by atoms with Crippen LogP contribution in [0.25, 0.3) is 0 Å². The van der Waals surface area contributed by atoms with Gasteiger partial charge in [-0.05, 0) is 49.7 Å². The summed E-state index contributed by atoms with van der Waals surface area (Å²) >= 11 is 0. The minimum absolute atomic E-state index is 0.0145. The number of hydrogen-bond acceptors (Lipinski definition) is 4. The summed E-state index contributed by atoms with van der Waals surface area (Å²) in [6.45, 7) is 6.24. The van der Waals surface area contributed by atoms with E-state index < -0.39 is 0 Å². The molecule has 0 bridgehead atoms. The average molecular weight is 379 g/mol. The van der Waals surface area contributed by atoms with Crippen LogP contribution in [0.3, 0.4) is 0 Å². The maximum Gasteiger partial charge on any atom is 0.317 e. The van der Waals surface area contributed by atoms with Gasteiger partial charge in [-0.3, -0.25) is 9.59 Å². The summed E-state index contributed by atoms with van der Waals surface area (Å²) in [5.74, 6) is 0.0718. The third kappa shape index (κ3) is 4.76. The number of benzene rings is 2. The van der Waals surface area contributed by atoms with Crippen LogP contribution in [0.5, 0.6) is 0 Å². The molecular weight excluding hydrogens is 354 g/mol. The van der Waals surface area contributed by atoms with Crippen LogP contribution in [-0.2, 0) is 6.54 Å². The molecule has 28 heavy (non-hydrogen) atoms. The monoisotopic (exact) mass is 379 g/mol. The minimum atomic E-state index is -0.0974. The highest BCUT2D eigenvalue weighted by molar-refractivity contribution is 5.94. The quantitative estimate of drug-likeness (QED) is 0.811. The van der Waals surface area contributed by atoms with Crippen molar-refractivity contribution in [2.45, 2.75) is 20.4 Å². The van der Waals surface area contributed by atoms with Gasteiger partial charge in [-0.1, -0.05) is 18.2 Å². The van der Waals surface area contributed by atoms with E-state index in [-0.39, 0.29) is 17.6 Å². The molecule has 0 unspecified atom stereocenters. The molecule has 1 heterocycles. The Hall–Kier alpha value is -3.15. The molecule has 0 aromatic heterocycles. The Morgan fingerprint density at radius 3 is 2.11 bits per heavy atom. The first-order chi connectivity index (χ1) is 13.4. The zero-order chi connectivity index (χ0) is 20.1. The van der Waals surface area contributed by atoms with E-state index in [1.54, 1.807) is 17.9 Å². The molecule has 6 nitrogen and oxygen atoms in total. The molecule has 2 amide bonds. The van der Waals surface area contributed by atoms with E-state index in [1.165, 1.54) is 6.92 Å². The Balaban J connectivity index is 1.50. The van der Waals surface area contributed by atoms with Gasteiger partial charge in [0.2, 0.25) is 0 Å². The molecule has 1 aliphatic heterocycles. The first kappa shape index (κ1) is 19.6. The van der Waals surface area contributed by atoms with E-state index in [1.807, 2.05) is 42.5 Å². The number of urea groups is 1. The van der Waals surface area contributed by atoms with Gasteiger partial charge < -0.3 is 15.1 Å². The number of ketones is 2. The highest BCUT2D eigenvalue weighted by Crippen LogP contribution is 2.18. The molecule has 2 aromatic carbocycles. The second kappa shape index (κ2) is 8.69. The third-order valence-electron chi connectivity index (χ3n) is 4.98. The molecule has 0 radical (unpaired) electrons. The molecule has 1 aliphatic rings. The first-order valence-electron chi connectivity index (χ1n) is 9.42. The lowest BCUT2D eigenvalue weighted by Crippen LogP contribution is -2.51. The van der Waals surface area contributed by atoms with Crippen LogP contribution in [0.2, 0.25) is 0 Å². The summed E-state index contributed by atoms with van der Waals surface area (Å²) in [6.07, 6.45) is 0. The van der Waals surface area contributed by atoms with Crippen LogP contribution >= 0.6 is 0 Å². The lowest BCUT2D eigenvalue weighted by atomic mass is 10.1. The van der Waals surface area contributed by atoms with E-state index in [2.05, 4.69) is 10.2 Å². The molecule has 3 rings (SSSR count). The number of piperazine rings is 1. The van der Waals surface area contributed by atoms with Crippen LogP contribution in [0, 0.1) is 0 Å². The number of hydrogen-bond donors (Lipinski definition) is 1. The lowest BCUT2D eigenvalue weighted by Gasteiger charge is -2.36. The Morgan fingerprint density at radius 1 is 0.857 bits per heavy atom. The average Bonchev–Trinajstić information content (AvgIpc) is 2.72. The van der Waals surface area contributed by atoms with Crippen LogP contribution in [0.4, 0.5) is 10.5 Å². The standard InChI is InChI=1S/C22H25N3O3/c1-16(26)19-6-8-21(9-7-19)24-10-12-25(13-11-24)22(28)23-15-18-4-3-5-20(14-18)17(2)27/h3-9,14H,10-13,15H2,1-2H3,(H,23,28). The molecule has 1 saturated heterocycles. The topological polar surface area (TPSA) is 69.7 Å². The maximum absolute atomic E-state index is 12.4. The molecule has 0 spiro atoms. The summed E-state index contributed by atoms with van der Waals surface area (Å²) in [5, 5.41) is 2.93. The minimum Gasteiger partial charge on any atom is -0.368 e. The van der Waals surface area contributed by atoms with Crippen molar-refractivity contribution in [3.05, 3.63) is 65.2 Å². The molecule has 0 saturated carbocycles. The van der Waals surface area contributed by atoms with Crippen molar-refractivity contribution in [2.75, 3.05) is 31.1 Å². The number of nitrogens with zero attached hydrogens (tertiary/aromatic N) is 2. The lowest BCUT2D eigenvalue weighted by molar-refractivity contribution is 0.100. The largest absolute Gasteiger partial charge is 0.368 e. The molecule has 2 aromatic rings. The molecular formula is C22H25N3O3. The van der Waals surface area contributed by atoms with Crippen LogP contribution < -0.4 is 10.2 Å². The van der Waals surface area contributed by atoms with Crippen LogP contribution in [-0.4, -0.2) is 48.7 Å². The van der Waals surface area contributed by atoms with Gasteiger partial charge in [0.1, 0.15) is 0 Å². The van der Waals surface area contributed by atoms with E-state index in [9.17, 15) is 14.4 Å². The van der Waals surface area contributed by atoms with Crippen LogP contribution in [0.15, 0.2) is 48.5 Å². The van der Waals surface area contributed by atoms with Gasteiger partial charge in [0.05, 0.1) is 0 Å². The molecule has 0 atom stereocenters. The highest BCUT2D eigenvalue weighted by Gasteiger charge is 2.21. The Morgan fingerprint density at radius 2 is 1.50 bits per heavy atom. The first-order valence-corrected chi connectivity index (χ1v) is 9.42. The van der Waals surface area contributed by atoms with Crippen molar-refractivity contribution in [1.29, 1.82) is 0 Å². The number of amides is 2. The number of nitrogens with one attached hydrogen (secondary N) is 1. The van der Waals surface area contributed by atoms with E-state index in [4.69, 9.17) is 0 Å². The second-order valence-electron chi connectivity index (χ2n) is 6.99. The Kier molecular flexibility index (Phi) is 6.09. The van der Waals surface area contributed by atoms with Gasteiger partial charge in [0.15, 0.2) is 11.6 Å². The molecule has 146 valence electrons. The molecule has 1 fully saturated rings. The van der Waals surface area contributed by atoms with Gasteiger partial charge in [0, 0.05) is 49.5 Å². The van der Waals surface area contributed by atoms with E-state index in [0.29, 0.717) is 30.8 Å². The summed E-state index contributed by atoms with van der Waals surface area (Å²) in [6, 6.07) is 14.8. The SMILES string of the molecule is CC(=O)c1ccc(N2CCN(C(=O)NCc3cccc(C(C)=O)c3)CC2)cc1. The van der Waals surface area contributed by atoms with Gasteiger partial charge in [-0.25, -0.2) is 4.79 Å². The van der Waals surface area contributed by atoms with Crippen molar-refractivity contribution in [3.8, 4) is 0 Å². The Bertz CT molecular complexity index is 869. The van der Waals surface area contributed by atoms with Crippen molar-refractivity contribution >= 4 is 23.3 Å². The smallest absolute Gasteiger partial charge is 0.317 e. The zero-order valence-electron chi connectivity index (χ0n) is 16.3. The second-order valence-corrected chi connectivity index (χ2v) is 6.99. The highest BCUT2D eigenvalue weighted by atomic mass is 16.2. The molecule has 0 aliphatic carbocycles. The number of anilines is 1. The van der Waals surface area contributed by atoms with Crippen molar-refractivity contribution in [2.24, 2.45) is 0 Å². The summed E-state index contributed by atoms with van der Waals surface area (Å²) in [7, 11) is 0. The number of carbonyl (C=O) groups excluding carboxylic acids is 3. The number of Topliss-reactive ketones (excluding diaryl/α,β-unsaturated/α-hetero) is 2. The fourth-order valence-electron chi connectivity index (χ4n) is 3.26. The fraction of sp³-hybridized carbons (Fsp3) is 0.318. The molecule has 6 heteroatoms. The van der Waals surface area contributed by atoms with Crippen LogP contribution in [0.1, 0.15) is 40.1 Å². The van der Waals surface area contributed by atoms with Gasteiger partial charge in [-0.15, -0.1) is 0 Å². The normalized spacial score (nSPS) is 13.9. The number of carbonyl (C=O) groups is 3. The predicted molar refractivity (Wildman–Crippen MR) is 109 cm³/mol. The van der Waals surface area contributed by atoms with E-state index >= 15 is 0 Å². The predicted octanol–water partition coefficient (Wildman–Crippen LogP) is 3.12. The zero-order valence-corrected chi connectivity index (χ0v) is 16.3. The maximum atomic E-state index is 12.4. The third-order valence-corrected chi connectivity index (χ3v) is 4.98. The summed E-state index contributed by atoms with van der Waals surface area (Å²) in [4.78, 5) is 39.3.